The summed E-state index contributed by atoms with van der Waals surface area (Å²) in [5, 5.41) is 10.7. The van der Waals surface area contributed by atoms with E-state index in [4.69, 9.17) is 0 Å². The average Bonchev–Trinajstić information content (AvgIpc) is 3.22. The molecule has 0 saturated heterocycles. The first-order valence-corrected chi connectivity index (χ1v) is 11.2. The van der Waals surface area contributed by atoms with Gasteiger partial charge in [0.1, 0.15) is 0 Å². The normalized spacial score (nSPS) is 10.7. The van der Waals surface area contributed by atoms with Crippen molar-refractivity contribution in [2.24, 2.45) is 7.05 Å². The summed E-state index contributed by atoms with van der Waals surface area (Å²) in [7, 11) is 6.83. The lowest BCUT2D eigenvalue weighted by Gasteiger charge is -2.10. The first kappa shape index (κ1) is 23.7. The zero-order valence-electron chi connectivity index (χ0n) is 20.1. The number of nitrogens with zero attached hydrogens (tertiary/aromatic N) is 3. The summed E-state index contributed by atoms with van der Waals surface area (Å²) in [6.45, 7) is 0.311. The molecule has 4 rings (SSSR count). The van der Waals surface area contributed by atoms with Crippen LogP contribution in [0.15, 0.2) is 66.7 Å². The SMILES string of the molecule is CNC(=O)c1ccc(CNC(=O)c2nn(C)c3ccc(-c4ccc(C(=O)N(C)C)cc4)cc23)cc1. The van der Waals surface area contributed by atoms with Crippen molar-refractivity contribution in [2.75, 3.05) is 21.1 Å². The molecule has 0 atom stereocenters. The predicted molar refractivity (Wildman–Crippen MR) is 135 cm³/mol. The largest absolute Gasteiger partial charge is 0.355 e. The third-order valence-electron chi connectivity index (χ3n) is 5.83. The smallest absolute Gasteiger partial charge is 0.272 e. The molecule has 8 heteroatoms. The van der Waals surface area contributed by atoms with Crippen LogP contribution >= 0.6 is 0 Å². The van der Waals surface area contributed by atoms with E-state index in [1.807, 2.05) is 42.5 Å². The first-order valence-electron chi connectivity index (χ1n) is 11.2. The molecule has 0 saturated carbocycles. The molecule has 1 aromatic heterocycles. The van der Waals surface area contributed by atoms with Crippen molar-refractivity contribution in [3.05, 3.63) is 89.1 Å². The highest BCUT2D eigenvalue weighted by atomic mass is 16.2. The van der Waals surface area contributed by atoms with Gasteiger partial charge in [-0.1, -0.05) is 30.3 Å². The maximum absolute atomic E-state index is 13.0. The van der Waals surface area contributed by atoms with Gasteiger partial charge in [0.05, 0.1) is 5.52 Å². The highest BCUT2D eigenvalue weighted by Crippen LogP contribution is 2.27. The number of hydrogen-bond acceptors (Lipinski definition) is 4. The molecule has 0 radical (unpaired) electrons. The zero-order chi connectivity index (χ0) is 25.1. The zero-order valence-corrected chi connectivity index (χ0v) is 20.1. The van der Waals surface area contributed by atoms with Crippen LogP contribution in [0.1, 0.15) is 36.8 Å². The van der Waals surface area contributed by atoms with Crippen molar-refractivity contribution in [1.29, 1.82) is 0 Å². The number of nitrogens with one attached hydrogen (secondary N) is 2. The van der Waals surface area contributed by atoms with Crippen LogP contribution in [0.2, 0.25) is 0 Å². The van der Waals surface area contributed by atoms with Crippen molar-refractivity contribution in [3.63, 3.8) is 0 Å². The van der Waals surface area contributed by atoms with Crippen LogP contribution in [0, 0.1) is 0 Å². The van der Waals surface area contributed by atoms with E-state index in [0.717, 1.165) is 27.6 Å². The number of aromatic nitrogens is 2. The van der Waals surface area contributed by atoms with Gasteiger partial charge in [-0.2, -0.15) is 5.10 Å². The molecule has 0 aliphatic rings. The Morgan fingerprint density at radius 1 is 0.857 bits per heavy atom. The molecule has 0 unspecified atom stereocenters. The monoisotopic (exact) mass is 469 g/mol. The Kier molecular flexibility index (Phi) is 6.64. The van der Waals surface area contributed by atoms with Gasteiger partial charge in [-0.15, -0.1) is 0 Å². The van der Waals surface area contributed by atoms with Gasteiger partial charge in [0.25, 0.3) is 17.7 Å². The Hall–Kier alpha value is -4.46. The van der Waals surface area contributed by atoms with E-state index in [1.54, 1.807) is 57.1 Å². The molecule has 3 aromatic carbocycles. The third-order valence-corrected chi connectivity index (χ3v) is 5.83. The molecule has 0 aliphatic heterocycles. The van der Waals surface area contributed by atoms with Gasteiger partial charge in [0, 0.05) is 51.2 Å². The lowest BCUT2D eigenvalue weighted by atomic mass is 10.0. The fraction of sp³-hybridized carbons (Fsp3) is 0.185. The Morgan fingerprint density at radius 2 is 1.49 bits per heavy atom. The number of hydrogen-bond donors (Lipinski definition) is 2. The third kappa shape index (κ3) is 4.91. The molecule has 3 amide bonds. The van der Waals surface area contributed by atoms with Crippen LogP contribution in [0.3, 0.4) is 0 Å². The van der Waals surface area contributed by atoms with E-state index in [2.05, 4.69) is 15.7 Å². The molecule has 0 fully saturated rings. The molecule has 35 heavy (non-hydrogen) atoms. The van der Waals surface area contributed by atoms with Gasteiger partial charge in [-0.3, -0.25) is 19.1 Å². The highest BCUT2D eigenvalue weighted by molar-refractivity contribution is 6.06. The standard InChI is InChI=1S/C27H27N5O3/c1-28-25(33)19-7-5-17(6-8-19)16-29-26(34)24-22-15-21(13-14-23(22)32(4)30-24)18-9-11-20(12-10-18)27(35)31(2)3/h5-15H,16H2,1-4H3,(H,28,33)(H,29,34). The fourth-order valence-corrected chi connectivity index (χ4v) is 3.86. The van der Waals surface area contributed by atoms with Gasteiger partial charge in [0.2, 0.25) is 0 Å². The molecule has 1 heterocycles. The van der Waals surface area contributed by atoms with E-state index in [0.29, 0.717) is 23.4 Å². The summed E-state index contributed by atoms with van der Waals surface area (Å²) in [5.41, 5.74) is 5.09. The van der Waals surface area contributed by atoms with Crippen molar-refractivity contribution in [3.8, 4) is 11.1 Å². The Balaban J connectivity index is 1.55. The number of carbonyl (C=O) groups excluding carboxylic acids is 3. The summed E-state index contributed by atoms with van der Waals surface area (Å²) in [6, 6.07) is 20.3. The second-order valence-electron chi connectivity index (χ2n) is 8.44. The van der Waals surface area contributed by atoms with E-state index < -0.39 is 0 Å². The Morgan fingerprint density at radius 3 is 2.11 bits per heavy atom. The van der Waals surface area contributed by atoms with Gasteiger partial charge in [0.15, 0.2) is 5.69 Å². The minimum Gasteiger partial charge on any atom is -0.355 e. The van der Waals surface area contributed by atoms with E-state index in [-0.39, 0.29) is 17.7 Å². The molecule has 0 aliphatic carbocycles. The highest BCUT2D eigenvalue weighted by Gasteiger charge is 2.17. The quantitative estimate of drug-likeness (QED) is 0.453. The number of aryl methyl sites for hydroxylation is 1. The van der Waals surface area contributed by atoms with Gasteiger partial charge < -0.3 is 15.5 Å². The number of amides is 3. The maximum atomic E-state index is 13.0. The summed E-state index contributed by atoms with van der Waals surface area (Å²) in [5.74, 6) is -0.494. The second-order valence-corrected chi connectivity index (χ2v) is 8.44. The predicted octanol–water partition coefficient (Wildman–Crippen LogP) is 3.23. The van der Waals surface area contributed by atoms with E-state index >= 15 is 0 Å². The molecule has 0 spiro atoms. The number of fused-ring (bicyclic) bond motifs is 1. The molecule has 4 aromatic rings. The van der Waals surface area contributed by atoms with Crippen LogP contribution in [-0.4, -0.2) is 53.5 Å². The molecule has 2 N–H and O–H groups in total. The Bertz CT molecular complexity index is 1400. The number of benzene rings is 3. The van der Waals surface area contributed by atoms with Crippen molar-refractivity contribution in [1.82, 2.24) is 25.3 Å². The van der Waals surface area contributed by atoms with Gasteiger partial charge in [-0.25, -0.2) is 0 Å². The van der Waals surface area contributed by atoms with Gasteiger partial charge >= 0.3 is 0 Å². The molecule has 178 valence electrons. The van der Waals surface area contributed by atoms with Crippen LogP contribution in [0.4, 0.5) is 0 Å². The Labute approximate surface area is 203 Å². The van der Waals surface area contributed by atoms with Crippen LogP contribution < -0.4 is 10.6 Å². The first-order chi connectivity index (χ1) is 16.8. The van der Waals surface area contributed by atoms with Crippen LogP contribution in [-0.2, 0) is 13.6 Å². The second kappa shape index (κ2) is 9.80. The summed E-state index contributed by atoms with van der Waals surface area (Å²) < 4.78 is 1.69. The molecule has 0 bridgehead atoms. The molecule has 8 nitrogen and oxygen atoms in total. The molecular weight excluding hydrogens is 442 g/mol. The summed E-state index contributed by atoms with van der Waals surface area (Å²) in [4.78, 5) is 38.4. The van der Waals surface area contributed by atoms with Gasteiger partial charge in [-0.05, 0) is 53.1 Å². The topological polar surface area (TPSA) is 96.3 Å². The maximum Gasteiger partial charge on any atom is 0.272 e. The lowest BCUT2D eigenvalue weighted by molar-refractivity contribution is 0.0827. The van der Waals surface area contributed by atoms with Crippen molar-refractivity contribution in [2.45, 2.75) is 6.54 Å². The molecular formula is C27H27N5O3. The summed E-state index contributed by atoms with van der Waals surface area (Å²) >= 11 is 0. The van der Waals surface area contributed by atoms with Crippen LogP contribution in [0.5, 0.6) is 0 Å². The summed E-state index contributed by atoms with van der Waals surface area (Å²) in [6.07, 6.45) is 0. The lowest BCUT2D eigenvalue weighted by Crippen LogP contribution is -2.23. The van der Waals surface area contributed by atoms with Crippen LogP contribution in [0.25, 0.3) is 22.0 Å². The van der Waals surface area contributed by atoms with Crippen molar-refractivity contribution >= 4 is 28.6 Å². The average molecular weight is 470 g/mol. The number of rotatable bonds is 6. The number of carbonyl (C=O) groups is 3. The van der Waals surface area contributed by atoms with Crippen molar-refractivity contribution < 1.29 is 14.4 Å². The minimum atomic E-state index is -0.282. The fourth-order valence-electron chi connectivity index (χ4n) is 3.86. The van der Waals surface area contributed by atoms with E-state index in [9.17, 15) is 14.4 Å². The minimum absolute atomic E-state index is 0.0542. The van der Waals surface area contributed by atoms with E-state index in [1.165, 1.54) is 4.90 Å².